The number of aryl methyl sites for hydroxylation is 1. The summed E-state index contributed by atoms with van der Waals surface area (Å²) in [5.74, 6) is 0.973. The average Bonchev–Trinajstić information content (AvgIpc) is 2.97. The molecule has 124 valence electrons. The Hall–Kier alpha value is -2.18. The second kappa shape index (κ2) is 6.93. The van der Waals surface area contributed by atoms with E-state index in [1.54, 1.807) is 0 Å². The summed E-state index contributed by atoms with van der Waals surface area (Å²) in [5.41, 5.74) is 1.28. The van der Waals surface area contributed by atoms with Crippen molar-refractivity contribution >= 4 is 22.8 Å². The third-order valence-corrected chi connectivity index (χ3v) is 4.34. The molecule has 1 atom stereocenters. The summed E-state index contributed by atoms with van der Waals surface area (Å²) in [6.45, 7) is 6.33. The number of amides is 1. The summed E-state index contributed by atoms with van der Waals surface area (Å²) >= 11 is 0. The Morgan fingerprint density at radius 2 is 2.35 bits per heavy atom. The summed E-state index contributed by atoms with van der Waals surface area (Å²) in [7, 11) is 0. The maximum absolute atomic E-state index is 12.3. The molecule has 2 aromatic rings. The van der Waals surface area contributed by atoms with Crippen LogP contribution in [0.1, 0.15) is 38.3 Å². The molecule has 7 heteroatoms. The monoisotopic (exact) mass is 317 g/mol. The van der Waals surface area contributed by atoms with Gasteiger partial charge in [0.1, 0.15) is 17.5 Å². The maximum atomic E-state index is 12.3. The number of carbonyl (C=O) groups is 1. The average molecular weight is 317 g/mol. The molecule has 1 saturated heterocycles. The van der Waals surface area contributed by atoms with E-state index in [1.165, 1.54) is 6.33 Å². The maximum Gasteiger partial charge on any atom is 0.263 e. The van der Waals surface area contributed by atoms with Crippen LogP contribution in [-0.4, -0.2) is 40.7 Å². The molecule has 23 heavy (non-hydrogen) atoms. The molecule has 2 aromatic heterocycles. The highest BCUT2D eigenvalue weighted by Gasteiger charge is 2.28. The van der Waals surface area contributed by atoms with Crippen molar-refractivity contribution in [2.45, 2.75) is 39.5 Å². The number of carbonyl (C=O) groups excluding carboxylic acids is 1. The van der Waals surface area contributed by atoms with Crippen LogP contribution in [0.25, 0.3) is 11.1 Å². The first-order valence-corrected chi connectivity index (χ1v) is 8.30. The molecular weight excluding hydrogens is 294 g/mol. The van der Waals surface area contributed by atoms with E-state index in [0.29, 0.717) is 12.3 Å². The molecule has 1 unspecified atom stereocenters. The van der Waals surface area contributed by atoms with Crippen LogP contribution in [0.4, 0.5) is 5.82 Å². The minimum Gasteiger partial charge on any atom is -0.356 e. The van der Waals surface area contributed by atoms with Crippen LogP contribution < -0.4 is 10.2 Å². The highest BCUT2D eigenvalue weighted by Crippen LogP contribution is 2.29. The van der Waals surface area contributed by atoms with E-state index < -0.39 is 0 Å². The second-order valence-corrected chi connectivity index (χ2v) is 6.08. The predicted molar refractivity (Wildman–Crippen MR) is 87.2 cm³/mol. The fraction of sp³-hybridized carbons (Fsp3) is 0.625. The molecule has 1 aliphatic rings. The van der Waals surface area contributed by atoms with Gasteiger partial charge in [0.05, 0.1) is 11.6 Å². The zero-order valence-corrected chi connectivity index (χ0v) is 13.7. The highest BCUT2D eigenvalue weighted by atomic mass is 16.5. The molecule has 0 saturated carbocycles. The second-order valence-electron chi connectivity index (χ2n) is 6.08. The Labute approximate surface area is 135 Å². The van der Waals surface area contributed by atoms with Gasteiger partial charge in [-0.25, -0.2) is 4.98 Å². The van der Waals surface area contributed by atoms with E-state index in [9.17, 15) is 4.79 Å². The molecule has 7 nitrogen and oxygen atoms in total. The van der Waals surface area contributed by atoms with Gasteiger partial charge in [-0.3, -0.25) is 4.79 Å². The van der Waals surface area contributed by atoms with E-state index >= 15 is 0 Å². The molecule has 0 bridgehead atoms. The van der Waals surface area contributed by atoms with Gasteiger partial charge in [-0.05, 0) is 26.2 Å². The Morgan fingerprint density at radius 1 is 1.48 bits per heavy atom. The summed E-state index contributed by atoms with van der Waals surface area (Å²) in [5, 5.41) is 7.86. The van der Waals surface area contributed by atoms with Gasteiger partial charge in [0, 0.05) is 19.6 Å². The molecule has 0 radical (unpaired) electrons. The number of hydrogen-bond acceptors (Lipinski definition) is 6. The standard InChI is InChI=1S/C16H23N5O2/c1-3-4-7-17-15(22)12-6-5-8-21(9-12)14-13-11(2)20-23-16(13)19-10-18-14/h10,12H,3-9H2,1-2H3,(H,17,22). The van der Waals surface area contributed by atoms with Crippen molar-refractivity contribution in [1.82, 2.24) is 20.4 Å². The van der Waals surface area contributed by atoms with E-state index in [4.69, 9.17) is 4.52 Å². The number of anilines is 1. The van der Waals surface area contributed by atoms with Crippen LogP contribution in [0.2, 0.25) is 0 Å². The molecule has 3 heterocycles. The quantitative estimate of drug-likeness (QED) is 0.850. The lowest BCUT2D eigenvalue weighted by atomic mass is 9.97. The van der Waals surface area contributed by atoms with Gasteiger partial charge in [0.15, 0.2) is 0 Å². The first-order valence-electron chi connectivity index (χ1n) is 8.30. The molecule has 0 spiro atoms. The molecule has 0 aromatic carbocycles. The summed E-state index contributed by atoms with van der Waals surface area (Å²) in [6.07, 6.45) is 5.50. The van der Waals surface area contributed by atoms with Gasteiger partial charge in [0.25, 0.3) is 5.71 Å². The lowest BCUT2D eigenvalue weighted by molar-refractivity contribution is -0.125. The molecule has 1 fully saturated rings. The first-order chi connectivity index (χ1) is 11.2. The van der Waals surface area contributed by atoms with E-state index in [0.717, 1.165) is 55.7 Å². The lowest BCUT2D eigenvalue weighted by Gasteiger charge is -2.33. The summed E-state index contributed by atoms with van der Waals surface area (Å²) < 4.78 is 5.21. The summed E-state index contributed by atoms with van der Waals surface area (Å²) in [6, 6.07) is 0. The highest BCUT2D eigenvalue weighted by molar-refractivity contribution is 5.88. The van der Waals surface area contributed by atoms with Crippen LogP contribution in [0, 0.1) is 12.8 Å². The third kappa shape index (κ3) is 3.28. The predicted octanol–water partition coefficient (Wildman–Crippen LogP) is 2.06. The van der Waals surface area contributed by atoms with Crippen molar-refractivity contribution in [1.29, 1.82) is 0 Å². The van der Waals surface area contributed by atoms with E-state index in [1.807, 2.05) is 6.92 Å². The molecule has 1 N–H and O–H groups in total. The fourth-order valence-electron chi connectivity index (χ4n) is 3.06. The van der Waals surface area contributed by atoms with Gasteiger partial charge in [-0.1, -0.05) is 18.5 Å². The van der Waals surface area contributed by atoms with Crippen LogP contribution in [0.5, 0.6) is 0 Å². The smallest absolute Gasteiger partial charge is 0.263 e. The number of piperidine rings is 1. The molecule has 3 rings (SSSR count). The van der Waals surface area contributed by atoms with Gasteiger partial charge in [-0.15, -0.1) is 0 Å². The molecular formula is C16H23N5O2. The number of fused-ring (bicyclic) bond motifs is 1. The first kappa shape index (κ1) is 15.7. The Balaban J connectivity index is 1.75. The van der Waals surface area contributed by atoms with Crippen molar-refractivity contribution in [3.63, 3.8) is 0 Å². The van der Waals surface area contributed by atoms with Crippen LogP contribution >= 0.6 is 0 Å². The largest absolute Gasteiger partial charge is 0.356 e. The van der Waals surface area contributed by atoms with Gasteiger partial charge in [0.2, 0.25) is 5.91 Å². The lowest BCUT2D eigenvalue weighted by Crippen LogP contribution is -2.43. The number of unbranched alkanes of at least 4 members (excludes halogenated alkanes) is 1. The van der Waals surface area contributed by atoms with E-state index in [2.05, 4.69) is 32.3 Å². The van der Waals surface area contributed by atoms with E-state index in [-0.39, 0.29) is 11.8 Å². The fourth-order valence-corrected chi connectivity index (χ4v) is 3.06. The van der Waals surface area contributed by atoms with Crippen LogP contribution in [0.15, 0.2) is 10.9 Å². The topological polar surface area (TPSA) is 84.2 Å². The molecule has 1 aliphatic heterocycles. The van der Waals surface area contributed by atoms with Gasteiger partial charge < -0.3 is 14.7 Å². The van der Waals surface area contributed by atoms with Crippen LogP contribution in [-0.2, 0) is 4.79 Å². The third-order valence-electron chi connectivity index (χ3n) is 4.34. The normalized spacial score (nSPS) is 18.3. The SMILES string of the molecule is CCCCNC(=O)C1CCCN(c2ncnc3onc(C)c23)C1. The van der Waals surface area contributed by atoms with Gasteiger partial charge in [-0.2, -0.15) is 4.98 Å². The van der Waals surface area contributed by atoms with Crippen molar-refractivity contribution in [2.75, 3.05) is 24.5 Å². The van der Waals surface area contributed by atoms with Crippen molar-refractivity contribution < 1.29 is 9.32 Å². The van der Waals surface area contributed by atoms with Gasteiger partial charge >= 0.3 is 0 Å². The van der Waals surface area contributed by atoms with Crippen molar-refractivity contribution in [3.05, 3.63) is 12.0 Å². The Morgan fingerprint density at radius 3 is 3.17 bits per heavy atom. The van der Waals surface area contributed by atoms with Crippen molar-refractivity contribution in [2.24, 2.45) is 5.92 Å². The zero-order valence-electron chi connectivity index (χ0n) is 13.7. The number of nitrogens with one attached hydrogen (secondary N) is 1. The molecule has 0 aliphatic carbocycles. The van der Waals surface area contributed by atoms with Crippen molar-refractivity contribution in [3.8, 4) is 0 Å². The molecule has 1 amide bonds. The Bertz CT molecular complexity index is 684. The number of nitrogens with zero attached hydrogens (tertiary/aromatic N) is 4. The Kier molecular flexibility index (Phi) is 4.73. The van der Waals surface area contributed by atoms with Crippen LogP contribution in [0.3, 0.4) is 0 Å². The number of rotatable bonds is 5. The zero-order chi connectivity index (χ0) is 16.2. The number of aromatic nitrogens is 3. The minimum absolute atomic E-state index is 0.00536. The minimum atomic E-state index is 0.00536. The summed E-state index contributed by atoms with van der Waals surface area (Å²) in [4.78, 5) is 23.0. The number of hydrogen-bond donors (Lipinski definition) is 1.